The first-order valence-electron chi connectivity index (χ1n) is 8.69. The van der Waals surface area contributed by atoms with Gasteiger partial charge in [-0.1, -0.05) is 6.07 Å². The average Bonchev–Trinajstić information content (AvgIpc) is 3.17. The lowest BCUT2D eigenvalue weighted by Gasteiger charge is -2.29. The third-order valence-electron chi connectivity index (χ3n) is 4.77. The third-order valence-corrected chi connectivity index (χ3v) is 4.77. The molecule has 3 rings (SSSR count). The van der Waals surface area contributed by atoms with Crippen molar-refractivity contribution >= 4 is 5.91 Å². The van der Waals surface area contributed by atoms with Crippen molar-refractivity contribution in [2.24, 2.45) is 0 Å². The van der Waals surface area contributed by atoms with Gasteiger partial charge in [-0.25, -0.2) is 0 Å². The molecule has 0 atom stereocenters. The minimum atomic E-state index is 0.0507. The quantitative estimate of drug-likeness (QED) is 0.876. The Morgan fingerprint density at radius 2 is 1.96 bits per heavy atom. The molecule has 1 aliphatic rings. The molecule has 25 heavy (non-hydrogen) atoms. The van der Waals surface area contributed by atoms with Gasteiger partial charge in [0.05, 0.1) is 26.7 Å². The summed E-state index contributed by atoms with van der Waals surface area (Å²) in [6.45, 7) is 0. The molecular formula is C19H25N3O3. The topological polar surface area (TPSA) is 65.4 Å². The number of nitrogens with zero attached hydrogens (tertiary/aromatic N) is 2. The molecule has 2 aromatic rings. The van der Waals surface area contributed by atoms with Crippen LogP contribution in [0, 0.1) is 0 Å². The summed E-state index contributed by atoms with van der Waals surface area (Å²) in [6.07, 6.45) is 8.24. The maximum atomic E-state index is 12.3. The van der Waals surface area contributed by atoms with Gasteiger partial charge in [-0.2, -0.15) is 5.10 Å². The van der Waals surface area contributed by atoms with Crippen molar-refractivity contribution in [1.82, 2.24) is 15.1 Å². The van der Waals surface area contributed by atoms with Crippen LogP contribution in [0.3, 0.4) is 0 Å². The van der Waals surface area contributed by atoms with Crippen LogP contribution in [0.2, 0.25) is 0 Å². The van der Waals surface area contributed by atoms with Crippen molar-refractivity contribution in [2.75, 3.05) is 14.2 Å². The fraction of sp³-hybridized carbons (Fsp3) is 0.474. The van der Waals surface area contributed by atoms with Crippen LogP contribution in [0.25, 0.3) is 0 Å². The van der Waals surface area contributed by atoms with Crippen molar-refractivity contribution in [2.45, 2.75) is 44.2 Å². The highest BCUT2D eigenvalue weighted by atomic mass is 16.5. The van der Waals surface area contributed by atoms with Gasteiger partial charge in [-0.05, 0) is 49.4 Å². The van der Waals surface area contributed by atoms with E-state index >= 15 is 0 Å². The Morgan fingerprint density at radius 1 is 1.20 bits per heavy atom. The summed E-state index contributed by atoms with van der Waals surface area (Å²) < 4.78 is 12.5. The van der Waals surface area contributed by atoms with Gasteiger partial charge in [-0.15, -0.1) is 0 Å². The van der Waals surface area contributed by atoms with Crippen LogP contribution in [-0.4, -0.2) is 35.9 Å². The lowest BCUT2D eigenvalue weighted by atomic mass is 9.91. The van der Waals surface area contributed by atoms with Gasteiger partial charge >= 0.3 is 0 Å². The van der Waals surface area contributed by atoms with E-state index in [9.17, 15) is 4.79 Å². The van der Waals surface area contributed by atoms with E-state index in [0.29, 0.717) is 24.0 Å². The number of rotatable bonds is 6. The molecule has 0 radical (unpaired) electrons. The number of aromatic nitrogens is 2. The molecule has 0 bridgehead atoms. The zero-order valence-corrected chi connectivity index (χ0v) is 14.8. The largest absolute Gasteiger partial charge is 0.493 e. The molecular weight excluding hydrogens is 318 g/mol. The van der Waals surface area contributed by atoms with Crippen LogP contribution in [0.1, 0.15) is 37.3 Å². The molecule has 6 heteroatoms. The Morgan fingerprint density at radius 3 is 2.60 bits per heavy atom. The molecule has 1 aliphatic carbocycles. The van der Waals surface area contributed by atoms with Gasteiger partial charge in [0.15, 0.2) is 11.5 Å². The molecule has 1 N–H and O–H groups in total. The standard InChI is InChI=1S/C19H25N3O3/c1-24-17-9-4-14(12-18(17)25-2)13-19(23)21-15-5-7-16(8-6-15)22-11-3-10-20-22/h3-4,9-12,15-16H,5-8,13H2,1-2H3,(H,21,23). The molecule has 1 aromatic carbocycles. The number of carbonyl (C=O) groups excluding carboxylic acids is 1. The van der Waals surface area contributed by atoms with Gasteiger partial charge in [0.25, 0.3) is 0 Å². The SMILES string of the molecule is COc1ccc(CC(=O)NC2CCC(n3cccn3)CC2)cc1OC. The molecule has 1 heterocycles. The van der Waals surface area contributed by atoms with Crippen LogP contribution in [0.5, 0.6) is 11.5 Å². The second kappa shape index (κ2) is 8.05. The van der Waals surface area contributed by atoms with Crippen LogP contribution in [0.4, 0.5) is 0 Å². The van der Waals surface area contributed by atoms with E-state index in [1.807, 2.05) is 41.3 Å². The van der Waals surface area contributed by atoms with Crippen molar-refractivity contribution in [3.05, 3.63) is 42.2 Å². The summed E-state index contributed by atoms with van der Waals surface area (Å²) in [5.74, 6) is 1.37. The van der Waals surface area contributed by atoms with Gasteiger partial charge in [-0.3, -0.25) is 9.48 Å². The molecule has 1 aromatic heterocycles. The number of hydrogen-bond acceptors (Lipinski definition) is 4. The molecule has 0 spiro atoms. The van der Waals surface area contributed by atoms with E-state index in [1.165, 1.54) is 0 Å². The normalized spacial score (nSPS) is 20.1. The Hall–Kier alpha value is -2.50. The first-order chi connectivity index (χ1) is 12.2. The minimum Gasteiger partial charge on any atom is -0.493 e. The molecule has 6 nitrogen and oxygen atoms in total. The number of ether oxygens (including phenoxy) is 2. The number of methoxy groups -OCH3 is 2. The number of hydrogen-bond donors (Lipinski definition) is 1. The van der Waals surface area contributed by atoms with E-state index < -0.39 is 0 Å². The fourth-order valence-corrected chi connectivity index (χ4v) is 3.44. The molecule has 0 saturated heterocycles. The predicted octanol–water partition coefficient (Wildman–Crippen LogP) is 2.74. The number of nitrogens with one attached hydrogen (secondary N) is 1. The van der Waals surface area contributed by atoms with Crippen molar-refractivity contribution in [3.8, 4) is 11.5 Å². The molecule has 1 saturated carbocycles. The highest BCUT2D eigenvalue weighted by Crippen LogP contribution is 2.29. The second-order valence-electron chi connectivity index (χ2n) is 6.43. The van der Waals surface area contributed by atoms with Crippen molar-refractivity contribution in [3.63, 3.8) is 0 Å². The van der Waals surface area contributed by atoms with E-state index in [4.69, 9.17) is 9.47 Å². The maximum absolute atomic E-state index is 12.3. The van der Waals surface area contributed by atoms with Crippen LogP contribution in [0.15, 0.2) is 36.7 Å². The van der Waals surface area contributed by atoms with Gasteiger partial charge in [0.1, 0.15) is 0 Å². The monoisotopic (exact) mass is 343 g/mol. The van der Waals surface area contributed by atoms with Crippen LogP contribution >= 0.6 is 0 Å². The van der Waals surface area contributed by atoms with Crippen LogP contribution in [-0.2, 0) is 11.2 Å². The fourth-order valence-electron chi connectivity index (χ4n) is 3.44. The summed E-state index contributed by atoms with van der Waals surface area (Å²) in [6, 6.07) is 8.24. The number of carbonyl (C=O) groups is 1. The molecule has 134 valence electrons. The predicted molar refractivity (Wildman–Crippen MR) is 94.9 cm³/mol. The molecule has 0 unspecified atom stereocenters. The van der Waals surface area contributed by atoms with Gasteiger partial charge < -0.3 is 14.8 Å². The Balaban J connectivity index is 1.50. The van der Waals surface area contributed by atoms with Gasteiger partial charge in [0.2, 0.25) is 5.91 Å². The summed E-state index contributed by atoms with van der Waals surface area (Å²) in [5, 5.41) is 7.48. The average molecular weight is 343 g/mol. The van der Waals surface area contributed by atoms with Crippen molar-refractivity contribution < 1.29 is 14.3 Å². The van der Waals surface area contributed by atoms with Crippen molar-refractivity contribution in [1.29, 1.82) is 0 Å². The van der Waals surface area contributed by atoms with E-state index in [2.05, 4.69) is 10.4 Å². The summed E-state index contributed by atoms with van der Waals surface area (Å²) in [7, 11) is 3.20. The Kier molecular flexibility index (Phi) is 5.58. The first kappa shape index (κ1) is 17.3. The van der Waals surface area contributed by atoms with Crippen LogP contribution < -0.4 is 14.8 Å². The zero-order chi connectivity index (χ0) is 17.6. The summed E-state index contributed by atoms with van der Waals surface area (Å²) in [5.41, 5.74) is 0.917. The summed E-state index contributed by atoms with van der Waals surface area (Å²) in [4.78, 5) is 12.3. The smallest absolute Gasteiger partial charge is 0.224 e. The first-order valence-corrected chi connectivity index (χ1v) is 8.69. The molecule has 1 fully saturated rings. The van der Waals surface area contributed by atoms with Gasteiger partial charge in [0, 0.05) is 18.4 Å². The lowest BCUT2D eigenvalue weighted by Crippen LogP contribution is -2.38. The second-order valence-corrected chi connectivity index (χ2v) is 6.43. The highest BCUT2D eigenvalue weighted by molar-refractivity contribution is 5.79. The highest BCUT2D eigenvalue weighted by Gasteiger charge is 2.23. The van der Waals surface area contributed by atoms with E-state index in [1.54, 1.807) is 14.2 Å². The zero-order valence-electron chi connectivity index (χ0n) is 14.8. The maximum Gasteiger partial charge on any atom is 0.224 e. The molecule has 1 amide bonds. The molecule has 0 aliphatic heterocycles. The third kappa shape index (κ3) is 4.32. The van der Waals surface area contributed by atoms with E-state index in [0.717, 1.165) is 31.2 Å². The lowest BCUT2D eigenvalue weighted by molar-refractivity contribution is -0.121. The number of benzene rings is 1. The minimum absolute atomic E-state index is 0.0507. The summed E-state index contributed by atoms with van der Waals surface area (Å²) >= 11 is 0. The number of amides is 1. The Labute approximate surface area is 148 Å². The van der Waals surface area contributed by atoms with E-state index in [-0.39, 0.29) is 11.9 Å². The Bertz CT molecular complexity index is 692.